The van der Waals surface area contributed by atoms with Crippen molar-refractivity contribution < 1.29 is 0 Å². The van der Waals surface area contributed by atoms with Crippen molar-refractivity contribution in [3.05, 3.63) is 168 Å². The Morgan fingerprint density at radius 1 is 0.380 bits per heavy atom. The molecular weight excluding hydrogens is 611 g/mol. The van der Waals surface area contributed by atoms with E-state index in [1.165, 1.54) is 10.8 Å². The molecule has 0 aliphatic heterocycles. The largest absolute Gasteiger partial charge is 0.309 e. The van der Waals surface area contributed by atoms with Gasteiger partial charge in [0.25, 0.3) is 0 Å². The second-order valence-corrected chi connectivity index (χ2v) is 12.3. The highest BCUT2D eigenvalue weighted by atomic mass is 15.0. The molecular formula is C45H25N5. The van der Waals surface area contributed by atoms with Crippen molar-refractivity contribution in [2.45, 2.75) is 0 Å². The van der Waals surface area contributed by atoms with Crippen LogP contribution >= 0.6 is 0 Å². The molecule has 0 radical (unpaired) electrons. The zero-order valence-electron chi connectivity index (χ0n) is 26.7. The van der Waals surface area contributed by atoms with Gasteiger partial charge in [-0.3, -0.25) is 0 Å². The molecule has 0 saturated carbocycles. The monoisotopic (exact) mass is 635 g/mol. The normalized spacial score (nSPS) is 11.1. The molecule has 9 rings (SSSR count). The van der Waals surface area contributed by atoms with Gasteiger partial charge in [0.15, 0.2) is 0 Å². The summed E-state index contributed by atoms with van der Waals surface area (Å²) in [5, 5.41) is 34.5. The third-order valence-electron chi connectivity index (χ3n) is 9.65. The van der Waals surface area contributed by atoms with E-state index >= 15 is 0 Å². The average Bonchev–Trinajstić information content (AvgIpc) is 3.69. The SMILES string of the molecule is N#Cc1ccc2c(c1)c1ccc(C#N)cc1n2-c1ccccc1-c1cccc(-c2ccc(-n3c4ccccc4c4ccccc43)cc2)c1C#N. The van der Waals surface area contributed by atoms with Crippen molar-refractivity contribution in [1.82, 2.24) is 9.13 Å². The molecule has 5 heteroatoms. The van der Waals surface area contributed by atoms with Gasteiger partial charge in [-0.1, -0.05) is 91.0 Å². The van der Waals surface area contributed by atoms with Crippen LogP contribution in [0.3, 0.4) is 0 Å². The molecule has 0 saturated heterocycles. The van der Waals surface area contributed by atoms with E-state index in [0.717, 1.165) is 66.5 Å². The summed E-state index contributed by atoms with van der Waals surface area (Å²) < 4.78 is 4.42. The Morgan fingerprint density at radius 2 is 0.960 bits per heavy atom. The summed E-state index contributed by atoms with van der Waals surface area (Å²) in [5.74, 6) is 0. The van der Waals surface area contributed by atoms with Gasteiger partial charge in [-0.25, -0.2) is 0 Å². The first-order chi connectivity index (χ1) is 24.7. The van der Waals surface area contributed by atoms with Crippen LogP contribution in [-0.2, 0) is 0 Å². The van der Waals surface area contributed by atoms with Crippen molar-refractivity contribution in [1.29, 1.82) is 15.8 Å². The van der Waals surface area contributed by atoms with E-state index in [-0.39, 0.29) is 0 Å². The standard InChI is InChI=1S/C45H25N5/c46-26-29-17-23-44-39(24-29)38-22-16-30(27-47)25-45(38)50(44)43-15-6-1-8-35(43)34-12-7-11-33(40(34)28-48)31-18-20-32(21-19-31)49-41-13-4-2-9-36(41)37-10-3-5-14-42(37)49/h1-25H. The van der Waals surface area contributed by atoms with Crippen LogP contribution in [0.15, 0.2) is 152 Å². The molecule has 7 aromatic carbocycles. The minimum absolute atomic E-state index is 0.545. The maximum Gasteiger partial charge on any atom is 0.100 e. The van der Waals surface area contributed by atoms with Crippen molar-refractivity contribution in [2.24, 2.45) is 0 Å². The van der Waals surface area contributed by atoms with Crippen molar-refractivity contribution in [2.75, 3.05) is 0 Å². The number of nitrogens with zero attached hydrogens (tertiary/aromatic N) is 5. The number of rotatable bonds is 4. The maximum atomic E-state index is 10.7. The van der Waals surface area contributed by atoms with Gasteiger partial charge in [-0.15, -0.1) is 0 Å². The van der Waals surface area contributed by atoms with Crippen molar-refractivity contribution in [3.8, 4) is 51.8 Å². The molecule has 0 spiro atoms. The first-order valence-electron chi connectivity index (χ1n) is 16.3. The van der Waals surface area contributed by atoms with Gasteiger partial charge < -0.3 is 9.13 Å². The predicted molar refractivity (Wildman–Crippen MR) is 200 cm³/mol. The molecule has 0 aliphatic rings. The fourth-order valence-corrected chi connectivity index (χ4v) is 7.44. The Morgan fingerprint density at radius 3 is 1.68 bits per heavy atom. The lowest BCUT2D eigenvalue weighted by molar-refractivity contribution is 1.18. The highest BCUT2D eigenvalue weighted by molar-refractivity contribution is 6.11. The molecule has 5 nitrogen and oxygen atoms in total. The zero-order chi connectivity index (χ0) is 33.8. The second kappa shape index (κ2) is 11.4. The van der Waals surface area contributed by atoms with Crippen LogP contribution in [0.5, 0.6) is 0 Å². The minimum Gasteiger partial charge on any atom is -0.309 e. The van der Waals surface area contributed by atoms with Crippen LogP contribution in [0.25, 0.3) is 77.2 Å². The van der Waals surface area contributed by atoms with Crippen LogP contribution in [0.2, 0.25) is 0 Å². The zero-order valence-corrected chi connectivity index (χ0v) is 26.7. The quantitative estimate of drug-likeness (QED) is 0.193. The Kier molecular flexibility index (Phi) is 6.56. The topological polar surface area (TPSA) is 81.2 Å². The van der Waals surface area contributed by atoms with E-state index in [1.807, 2.05) is 72.8 Å². The summed E-state index contributed by atoms with van der Waals surface area (Å²) in [5.41, 5.74) is 11.2. The van der Waals surface area contributed by atoms with E-state index < -0.39 is 0 Å². The summed E-state index contributed by atoms with van der Waals surface area (Å²) in [7, 11) is 0. The fourth-order valence-electron chi connectivity index (χ4n) is 7.44. The number of para-hydroxylation sites is 3. The molecule has 0 N–H and O–H groups in total. The minimum atomic E-state index is 0.545. The molecule has 0 atom stereocenters. The Hall–Kier alpha value is -7.39. The maximum absolute atomic E-state index is 10.7. The molecule has 230 valence electrons. The van der Waals surface area contributed by atoms with Gasteiger partial charge in [0.05, 0.1) is 56.6 Å². The summed E-state index contributed by atoms with van der Waals surface area (Å²) in [6.07, 6.45) is 0. The number of nitriles is 3. The second-order valence-electron chi connectivity index (χ2n) is 12.3. The predicted octanol–water partition coefficient (Wildman–Crippen LogP) is 10.8. The third-order valence-corrected chi connectivity index (χ3v) is 9.65. The third kappa shape index (κ3) is 4.31. The van der Waals surface area contributed by atoms with E-state index in [2.05, 4.69) is 100 Å². The van der Waals surface area contributed by atoms with Crippen LogP contribution < -0.4 is 0 Å². The number of fused-ring (bicyclic) bond motifs is 6. The van der Waals surface area contributed by atoms with E-state index in [1.54, 1.807) is 6.07 Å². The van der Waals surface area contributed by atoms with E-state index in [9.17, 15) is 15.8 Å². The Balaban J connectivity index is 1.21. The lowest BCUT2D eigenvalue weighted by Crippen LogP contribution is -1.99. The summed E-state index contributed by atoms with van der Waals surface area (Å²) in [6.45, 7) is 0. The van der Waals surface area contributed by atoms with E-state index in [4.69, 9.17) is 0 Å². The van der Waals surface area contributed by atoms with Gasteiger partial charge in [0.2, 0.25) is 0 Å². The number of benzene rings is 7. The van der Waals surface area contributed by atoms with Crippen LogP contribution in [0, 0.1) is 34.0 Å². The average molecular weight is 636 g/mol. The molecule has 2 heterocycles. The molecule has 0 aliphatic carbocycles. The highest BCUT2D eigenvalue weighted by Gasteiger charge is 2.20. The number of aromatic nitrogens is 2. The lowest BCUT2D eigenvalue weighted by Gasteiger charge is -2.17. The highest BCUT2D eigenvalue weighted by Crippen LogP contribution is 2.40. The molecule has 2 aromatic heterocycles. The van der Waals surface area contributed by atoms with E-state index in [0.29, 0.717) is 16.7 Å². The number of hydrogen-bond donors (Lipinski definition) is 0. The molecule has 0 unspecified atom stereocenters. The summed E-state index contributed by atoms with van der Waals surface area (Å²) in [4.78, 5) is 0. The van der Waals surface area contributed by atoms with Gasteiger partial charge in [0, 0.05) is 43.9 Å². The van der Waals surface area contributed by atoms with Crippen molar-refractivity contribution >= 4 is 43.6 Å². The first kappa shape index (κ1) is 28.8. The van der Waals surface area contributed by atoms with Crippen LogP contribution in [-0.4, -0.2) is 9.13 Å². The molecule has 9 aromatic rings. The van der Waals surface area contributed by atoms with Gasteiger partial charge in [-0.2, -0.15) is 15.8 Å². The Labute approximate surface area is 287 Å². The van der Waals surface area contributed by atoms with Crippen molar-refractivity contribution in [3.63, 3.8) is 0 Å². The first-order valence-corrected chi connectivity index (χ1v) is 16.3. The molecule has 0 amide bonds. The lowest BCUT2D eigenvalue weighted by atomic mass is 9.91. The summed E-state index contributed by atoms with van der Waals surface area (Å²) in [6, 6.07) is 57.8. The van der Waals surface area contributed by atoms with Crippen LogP contribution in [0.1, 0.15) is 16.7 Å². The molecule has 0 bridgehead atoms. The Bertz CT molecular complexity index is 2900. The smallest absolute Gasteiger partial charge is 0.100 e. The fraction of sp³-hybridized carbons (Fsp3) is 0. The van der Waals surface area contributed by atoms with Crippen LogP contribution in [0.4, 0.5) is 0 Å². The van der Waals surface area contributed by atoms with Gasteiger partial charge in [-0.05, 0) is 66.2 Å². The molecule has 0 fully saturated rings. The van der Waals surface area contributed by atoms with Gasteiger partial charge in [0.1, 0.15) is 6.07 Å². The molecule has 50 heavy (non-hydrogen) atoms. The van der Waals surface area contributed by atoms with Gasteiger partial charge >= 0.3 is 0 Å². The summed E-state index contributed by atoms with van der Waals surface area (Å²) >= 11 is 0. The number of hydrogen-bond acceptors (Lipinski definition) is 3.